The highest BCUT2D eigenvalue weighted by molar-refractivity contribution is 9.10. The largest absolute Gasteiger partial charge is 0.490 e. The number of ether oxygens (including phenoxy) is 2. The molecule has 0 atom stereocenters. The number of nitrogens with zero attached hydrogens (tertiary/aromatic N) is 2. The van der Waals surface area contributed by atoms with E-state index in [2.05, 4.69) is 31.2 Å². The first kappa shape index (κ1) is 19.4. The van der Waals surface area contributed by atoms with Gasteiger partial charge in [-0.1, -0.05) is 27.5 Å². The number of rotatable bonds is 7. The second-order valence-corrected chi connectivity index (χ2v) is 6.96. The molecule has 0 saturated carbocycles. The molecule has 8 heteroatoms. The number of anilines is 3. The van der Waals surface area contributed by atoms with Crippen molar-refractivity contribution in [3.05, 3.63) is 58.0 Å². The predicted molar refractivity (Wildman–Crippen MR) is 112 cm³/mol. The molecule has 6 nitrogen and oxygen atoms in total. The quantitative estimate of drug-likeness (QED) is 0.499. The second kappa shape index (κ2) is 9.03. The summed E-state index contributed by atoms with van der Waals surface area (Å²) in [6.45, 7) is 0.923. The van der Waals surface area contributed by atoms with E-state index in [4.69, 9.17) is 26.8 Å². The minimum atomic E-state index is 0.159. The Morgan fingerprint density at radius 2 is 1.85 bits per heavy atom. The van der Waals surface area contributed by atoms with Crippen LogP contribution < -0.4 is 15.8 Å². The number of hydrogen-bond acceptors (Lipinski definition) is 6. The first-order valence-corrected chi connectivity index (χ1v) is 9.31. The van der Waals surface area contributed by atoms with Gasteiger partial charge in [-0.05, 0) is 42.5 Å². The number of aromatic nitrogens is 2. The van der Waals surface area contributed by atoms with E-state index < -0.39 is 0 Å². The lowest BCUT2D eigenvalue weighted by Gasteiger charge is -2.13. The van der Waals surface area contributed by atoms with Gasteiger partial charge in [0.15, 0.2) is 0 Å². The zero-order valence-corrected chi connectivity index (χ0v) is 16.9. The predicted octanol–water partition coefficient (Wildman–Crippen LogP) is 4.91. The minimum Gasteiger partial charge on any atom is -0.490 e. The van der Waals surface area contributed by atoms with Crippen molar-refractivity contribution in [3.8, 4) is 17.0 Å². The summed E-state index contributed by atoms with van der Waals surface area (Å²) in [7, 11) is 1.63. The van der Waals surface area contributed by atoms with Crippen LogP contribution in [-0.2, 0) is 4.74 Å². The molecule has 1 heterocycles. The average molecular weight is 450 g/mol. The van der Waals surface area contributed by atoms with E-state index >= 15 is 0 Å². The van der Waals surface area contributed by atoms with Crippen molar-refractivity contribution in [3.63, 3.8) is 0 Å². The molecule has 0 fully saturated rings. The average Bonchev–Trinajstić information content (AvgIpc) is 2.64. The van der Waals surface area contributed by atoms with Gasteiger partial charge >= 0.3 is 0 Å². The fraction of sp³-hybridized carbons (Fsp3) is 0.158. The van der Waals surface area contributed by atoms with Crippen molar-refractivity contribution >= 4 is 45.0 Å². The Labute approximate surface area is 170 Å². The van der Waals surface area contributed by atoms with Crippen LogP contribution in [0.1, 0.15) is 0 Å². The molecule has 3 aromatic rings. The van der Waals surface area contributed by atoms with Crippen molar-refractivity contribution in [2.24, 2.45) is 0 Å². The van der Waals surface area contributed by atoms with Gasteiger partial charge in [0.05, 0.1) is 12.3 Å². The molecule has 0 saturated heterocycles. The summed E-state index contributed by atoms with van der Waals surface area (Å²) in [6, 6.07) is 14.8. The molecule has 0 aliphatic heterocycles. The van der Waals surface area contributed by atoms with Gasteiger partial charge in [0.25, 0.3) is 0 Å². The zero-order valence-electron chi connectivity index (χ0n) is 14.6. The van der Waals surface area contributed by atoms with Gasteiger partial charge in [-0.2, -0.15) is 4.98 Å². The van der Waals surface area contributed by atoms with Crippen molar-refractivity contribution in [2.45, 2.75) is 0 Å². The van der Waals surface area contributed by atoms with Crippen molar-refractivity contribution < 1.29 is 9.47 Å². The van der Waals surface area contributed by atoms with Gasteiger partial charge in [-0.3, -0.25) is 0 Å². The van der Waals surface area contributed by atoms with Crippen molar-refractivity contribution in [1.29, 1.82) is 0 Å². The number of nitrogens with two attached hydrogens (primary N) is 1. The van der Waals surface area contributed by atoms with Crippen LogP contribution in [0.2, 0.25) is 5.02 Å². The normalized spacial score (nSPS) is 10.6. The maximum absolute atomic E-state index is 5.93. The van der Waals surface area contributed by atoms with Gasteiger partial charge in [0, 0.05) is 33.9 Å². The van der Waals surface area contributed by atoms with Crippen molar-refractivity contribution in [2.75, 3.05) is 31.4 Å². The van der Waals surface area contributed by atoms with Crippen LogP contribution in [0.5, 0.6) is 5.75 Å². The molecule has 0 bridgehead atoms. The number of nitrogen functional groups attached to an aromatic ring is 1. The first-order chi connectivity index (χ1) is 13.0. The Hall–Kier alpha value is -2.35. The van der Waals surface area contributed by atoms with Crippen LogP contribution in [0.15, 0.2) is 53.0 Å². The number of nitrogens with one attached hydrogen (secondary N) is 1. The van der Waals surface area contributed by atoms with Crippen LogP contribution in [0.3, 0.4) is 0 Å². The highest BCUT2D eigenvalue weighted by Crippen LogP contribution is 2.33. The molecule has 2 aromatic carbocycles. The van der Waals surface area contributed by atoms with Crippen LogP contribution in [0.4, 0.5) is 17.5 Å². The maximum atomic E-state index is 5.93. The van der Waals surface area contributed by atoms with Crippen LogP contribution in [0, 0.1) is 0 Å². The van der Waals surface area contributed by atoms with Crippen LogP contribution in [0.25, 0.3) is 11.3 Å². The summed E-state index contributed by atoms with van der Waals surface area (Å²) in [5.74, 6) is 1.42. The molecular formula is C19H18BrClN4O2. The molecule has 0 unspecified atom stereocenters. The van der Waals surface area contributed by atoms with Gasteiger partial charge in [-0.25, -0.2) is 4.98 Å². The molecule has 0 aliphatic rings. The minimum absolute atomic E-state index is 0.159. The van der Waals surface area contributed by atoms with Gasteiger partial charge in [0.1, 0.15) is 18.2 Å². The second-order valence-electron chi connectivity index (χ2n) is 5.61. The molecule has 0 aliphatic carbocycles. The zero-order chi connectivity index (χ0) is 19.2. The number of hydrogen-bond donors (Lipinski definition) is 2. The Morgan fingerprint density at radius 1 is 1.07 bits per heavy atom. The van der Waals surface area contributed by atoms with E-state index in [1.54, 1.807) is 19.2 Å². The standard InChI is InChI=1S/C19H18BrClN4O2/c1-26-8-9-27-17-7-2-12(20)10-15(17)16-11-18(25-19(22)24-16)23-14-5-3-13(21)4-6-14/h2-7,10-11H,8-9H2,1H3,(H3,22,23,24,25). The van der Waals surface area contributed by atoms with E-state index in [1.807, 2.05) is 36.4 Å². The van der Waals surface area contributed by atoms with E-state index in [9.17, 15) is 0 Å². The van der Waals surface area contributed by atoms with E-state index in [1.165, 1.54) is 0 Å². The Bertz CT molecular complexity index is 922. The molecule has 3 rings (SSSR count). The third-order valence-electron chi connectivity index (χ3n) is 3.62. The fourth-order valence-corrected chi connectivity index (χ4v) is 2.90. The Balaban J connectivity index is 1.93. The maximum Gasteiger partial charge on any atom is 0.222 e. The van der Waals surface area contributed by atoms with Gasteiger partial charge in [-0.15, -0.1) is 0 Å². The van der Waals surface area contributed by atoms with Crippen molar-refractivity contribution in [1.82, 2.24) is 9.97 Å². The summed E-state index contributed by atoms with van der Waals surface area (Å²) in [6.07, 6.45) is 0. The monoisotopic (exact) mass is 448 g/mol. The topological polar surface area (TPSA) is 82.3 Å². The Kier molecular flexibility index (Phi) is 6.49. The highest BCUT2D eigenvalue weighted by Gasteiger charge is 2.12. The molecule has 0 radical (unpaired) electrons. The van der Waals surface area contributed by atoms with E-state index in [0.717, 1.165) is 15.7 Å². The summed E-state index contributed by atoms with van der Waals surface area (Å²) in [4.78, 5) is 8.62. The SMILES string of the molecule is COCCOc1ccc(Br)cc1-c1cc(Nc2ccc(Cl)cc2)nc(N)n1. The van der Waals surface area contributed by atoms with Gasteiger partial charge < -0.3 is 20.5 Å². The van der Waals surface area contributed by atoms with E-state index in [-0.39, 0.29) is 5.95 Å². The van der Waals surface area contributed by atoms with Crippen LogP contribution >= 0.6 is 27.5 Å². The lowest BCUT2D eigenvalue weighted by Crippen LogP contribution is -2.06. The number of benzene rings is 2. The highest BCUT2D eigenvalue weighted by atomic mass is 79.9. The molecule has 1 aromatic heterocycles. The smallest absolute Gasteiger partial charge is 0.222 e. The third kappa shape index (κ3) is 5.32. The lowest BCUT2D eigenvalue weighted by atomic mass is 10.1. The fourth-order valence-electron chi connectivity index (χ4n) is 2.41. The Morgan fingerprint density at radius 3 is 2.59 bits per heavy atom. The third-order valence-corrected chi connectivity index (χ3v) is 4.37. The van der Waals surface area contributed by atoms with Crippen LogP contribution in [-0.4, -0.2) is 30.3 Å². The van der Waals surface area contributed by atoms with E-state index in [0.29, 0.717) is 35.5 Å². The molecule has 3 N–H and O–H groups in total. The summed E-state index contributed by atoms with van der Waals surface area (Å²) < 4.78 is 11.8. The molecule has 140 valence electrons. The summed E-state index contributed by atoms with van der Waals surface area (Å²) in [5, 5.41) is 3.87. The summed E-state index contributed by atoms with van der Waals surface area (Å²) >= 11 is 9.42. The molecular weight excluding hydrogens is 432 g/mol. The summed E-state index contributed by atoms with van der Waals surface area (Å²) in [5.41, 5.74) is 8.22. The number of methoxy groups -OCH3 is 1. The first-order valence-electron chi connectivity index (χ1n) is 8.14. The number of halogens is 2. The lowest BCUT2D eigenvalue weighted by molar-refractivity contribution is 0.146. The van der Waals surface area contributed by atoms with Gasteiger partial charge in [0.2, 0.25) is 5.95 Å². The molecule has 27 heavy (non-hydrogen) atoms. The molecule has 0 spiro atoms. The molecule has 0 amide bonds.